The average molecular weight is 600 g/mol. The smallest absolute Gasteiger partial charge is 0.264 e. The first-order valence-corrected chi connectivity index (χ1v) is 15.4. The number of nitrogens with one attached hydrogen (secondary N) is 1. The zero-order valence-electron chi connectivity index (χ0n) is 24.2. The summed E-state index contributed by atoms with van der Waals surface area (Å²) in [6.45, 7) is 7.55. The van der Waals surface area contributed by atoms with Gasteiger partial charge in [-0.1, -0.05) is 66.9 Å². The summed E-state index contributed by atoms with van der Waals surface area (Å²) < 4.78 is 34.2. The average Bonchev–Trinajstić information content (AvgIpc) is 2.95. The molecule has 0 unspecified atom stereocenters. The quantitative estimate of drug-likeness (QED) is 0.262. The second-order valence-electron chi connectivity index (χ2n) is 9.91. The van der Waals surface area contributed by atoms with Crippen LogP contribution in [-0.2, 0) is 26.2 Å². The molecule has 3 aromatic rings. The molecular formula is C31H38ClN3O5S. The van der Waals surface area contributed by atoms with E-state index < -0.39 is 28.5 Å². The molecule has 0 aromatic heterocycles. The van der Waals surface area contributed by atoms with Gasteiger partial charge in [-0.2, -0.15) is 0 Å². The molecule has 10 heteroatoms. The molecule has 0 saturated carbocycles. The van der Waals surface area contributed by atoms with Crippen LogP contribution in [-0.4, -0.2) is 51.4 Å². The maximum absolute atomic E-state index is 14.0. The molecule has 2 amide bonds. The van der Waals surface area contributed by atoms with Crippen LogP contribution in [0.25, 0.3) is 0 Å². The Labute approximate surface area is 248 Å². The molecule has 3 aromatic carbocycles. The highest BCUT2D eigenvalue weighted by molar-refractivity contribution is 7.92. The van der Waals surface area contributed by atoms with Crippen LogP contribution in [0, 0.1) is 13.8 Å². The van der Waals surface area contributed by atoms with Gasteiger partial charge < -0.3 is 15.0 Å². The first-order valence-electron chi connectivity index (χ1n) is 13.5. The van der Waals surface area contributed by atoms with Gasteiger partial charge in [-0.25, -0.2) is 8.42 Å². The molecule has 0 heterocycles. The van der Waals surface area contributed by atoms with E-state index >= 15 is 0 Å². The molecule has 0 saturated heterocycles. The van der Waals surface area contributed by atoms with Gasteiger partial charge in [0.1, 0.15) is 18.3 Å². The van der Waals surface area contributed by atoms with Crippen LogP contribution >= 0.6 is 11.6 Å². The predicted octanol–water partition coefficient (Wildman–Crippen LogP) is 5.49. The van der Waals surface area contributed by atoms with Crippen molar-refractivity contribution in [3.05, 3.63) is 88.4 Å². The fourth-order valence-electron chi connectivity index (χ4n) is 4.27. The van der Waals surface area contributed by atoms with E-state index in [0.717, 1.165) is 33.8 Å². The van der Waals surface area contributed by atoms with Gasteiger partial charge in [0.15, 0.2) is 0 Å². The van der Waals surface area contributed by atoms with E-state index in [1.807, 2.05) is 45.0 Å². The molecule has 0 fully saturated rings. The lowest BCUT2D eigenvalue weighted by Gasteiger charge is -2.32. The third kappa shape index (κ3) is 8.01. The Kier molecular flexibility index (Phi) is 11.2. The predicted molar refractivity (Wildman–Crippen MR) is 163 cm³/mol. The second-order valence-corrected chi connectivity index (χ2v) is 12.2. The monoisotopic (exact) mass is 599 g/mol. The molecule has 0 bridgehead atoms. The molecule has 0 aliphatic rings. The van der Waals surface area contributed by atoms with Crippen LogP contribution in [0.5, 0.6) is 5.75 Å². The van der Waals surface area contributed by atoms with Crippen molar-refractivity contribution in [1.29, 1.82) is 0 Å². The van der Waals surface area contributed by atoms with E-state index in [-0.39, 0.29) is 28.1 Å². The first-order chi connectivity index (χ1) is 19.5. The number of anilines is 1. The lowest BCUT2D eigenvalue weighted by molar-refractivity contribution is -0.139. The Morgan fingerprint density at radius 1 is 1.02 bits per heavy atom. The second kappa shape index (κ2) is 14.4. The van der Waals surface area contributed by atoms with Gasteiger partial charge in [-0.3, -0.25) is 13.9 Å². The largest absolute Gasteiger partial charge is 0.495 e. The number of hydrogen-bond donors (Lipinski definition) is 1. The summed E-state index contributed by atoms with van der Waals surface area (Å²) in [7, 11) is -2.73. The number of carbonyl (C=O) groups is 2. The molecule has 1 atom stereocenters. The van der Waals surface area contributed by atoms with Gasteiger partial charge >= 0.3 is 0 Å². The van der Waals surface area contributed by atoms with Gasteiger partial charge in [-0.05, 0) is 68.7 Å². The van der Waals surface area contributed by atoms with E-state index in [9.17, 15) is 18.0 Å². The number of halogens is 1. The zero-order chi connectivity index (χ0) is 30.2. The van der Waals surface area contributed by atoms with Crippen molar-refractivity contribution in [2.24, 2.45) is 0 Å². The molecule has 0 radical (unpaired) electrons. The summed E-state index contributed by atoms with van der Waals surface area (Å²) in [5.41, 5.74) is 2.90. The number of carbonyl (C=O) groups excluding carboxylic acids is 2. The van der Waals surface area contributed by atoms with Gasteiger partial charge in [0.25, 0.3) is 10.0 Å². The molecule has 0 aliphatic heterocycles. The highest BCUT2D eigenvalue weighted by atomic mass is 35.5. The van der Waals surface area contributed by atoms with E-state index in [0.29, 0.717) is 12.3 Å². The normalized spacial score (nSPS) is 12.0. The van der Waals surface area contributed by atoms with Gasteiger partial charge in [0, 0.05) is 13.1 Å². The van der Waals surface area contributed by atoms with E-state index in [4.69, 9.17) is 16.3 Å². The molecule has 3 rings (SSSR count). The Hall–Kier alpha value is -3.56. The fourth-order valence-corrected chi connectivity index (χ4v) is 5.92. The number of hydrogen-bond acceptors (Lipinski definition) is 5. The van der Waals surface area contributed by atoms with Crippen molar-refractivity contribution in [3.8, 4) is 5.75 Å². The minimum Gasteiger partial charge on any atom is -0.495 e. The summed E-state index contributed by atoms with van der Waals surface area (Å²) in [6, 6.07) is 17.7. The number of methoxy groups -OCH3 is 1. The van der Waals surface area contributed by atoms with Crippen molar-refractivity contribution in [1.82, 2.24) is 10.2 Å². The number of amides is 2. The number of sulfonamides is 1. The summed E-state index contributed by atoms with van der Waals surface area (Å²) in [5.74, 6) is -0.470. The van der Waals surface area contributed by atoms with Gasteiger partial charge in [-0.15, -0.1) is 0 Å². The van der Waals surface area contributed by atoms with Crippen LogP contribution in [0.2, 0.25) is 5.02 Å². The Morgan fingerprint density at radius 3 is 2.32 bits per heavy atom. The standard InChI is InChI=1S/C31H38ClN3O5S/c1-6-7-18-33-31(37)24(4)34(20-25-11-9-8-10-23(25)3)30(36)21-35(26-14-17-29(40-5)28(32)19-26)41(38,39)27-15-12-22(2)13-16-27/h8-17,19,24H,6-7,18,20-21H2,1-5H3,(H,33,37)/t24-/m1/s1. The third-order valence-electron chi connectivity index (χ3n) is 6.91. The van der Waals surface area contributed by atoms with Crippen molar-refractivity contribution in [3.63, 3.8) is 0 Å². The minimum atomic E-state index is -4.19. The topological polar surface area (TPSA) is 96.0 Å². The lowest BCUT2D eigenvalue weighted by atomic mass is 10.1. The summed E-state index contributed by atoms with van der Waals surface area (Å²) >= 11 is 6.37. The summed E-state index contributed by atoms with van der Waals surface area (Å²) in [6.07, 6.45) is 1.72. The Morgan fingerprint density at radius 2 is 1.71 bits per heavy atom. The molecule has 8 nitrogen and oxygen atoms in total. The van der Waals surface area contributed by atoms with Crippen molar-refractivity contribution in [2.45, 2.75) is 58.0 Å². The number of ether oxygens (including phenoxy) is 1. The minimum absolute atomic E-state index is 0.0265. The Bertz CT molecular complexity index is 1460. The van der Waals surface area contributed by atoms with Crippen molar-refractivity contribution < 1.29 is 22.7 Å². The SMILES string of the molecule is CCCCNC(=O)[C@@H](C)N(Cc1ccccc1C)C(=O)CN(c1ccc(OC)c(Cl)c1)S(=O)(=O)c1ccc(C)cc1. The molecule has 0 aliphatic carbocycles. The third-order valence-corrected chi connectivity index (χ3v) is 8.99. The first kappa shape index (κ1) is 32.0. The highest BCUT2D eigenvalue weighted by Gasteiger charge is 2.33. The van der Waals surface area contributed by atoms with E-state index in [1.165, 1.54) is 36.3 Å². The number of rotatable bonds is 13. The molecule has 0 spiro atoms. The maximum atomic E-state index is 14.0. The molecular weight excluding hydrogens is 562 g/mol. The number of benzene rings is 3. The Balaban J connectivity index is 2.05. The zero-order valence-corrected chi connectivity index (χ0v) is 25.8. The van der Waals surface area contributed by atoms with Crippen LogP contribution in [0.15, 0.2) is 71.6 Å². The van der Waals surface area contributed by atoms with Gasteiger partial charge in [0.2, 0.25) is 11.8 Å². The van der Waals surface area contributed by atoms with Crippen molar-refractivity contribution >= 4 is 39.1 Å². The fraction of sp³-hybridized carbons (Fsp3) is 0.355. The number of unbranched alkanes of at least 4 members (excludes halogenated alkanes) is 1. The van der Waals surface area contributed by atoms with Gasteiger partial charge in [0.05, 0.1) is 22.7 Å². The van der Waals surface area contributed by atoms with Crippen LogP contribution in [0.1, 0.15) is 43.4 Å². The van der Waals surface area contributed by atoms with Crippen LogP contribution in [0.3, 0.4) is 0 Å². The van der Waals surface area contributed by atoms with E-state index in [1.54, 1.807) is 25.1 Å². The van der Waals surface area contributed by atoms with Crippen molar-refractivity contribution in [2.75, 3.05) is 24.5 Å². The summed E-state index contributed by atoms with van der Waals surface area (Å²) in [4.78, 5) is 28.6. The molecule has 1 N–H and O–H groups in total. The van der Waals surface area contributed by atoms with Crippen LogP contribution in [0.4, 0.5) is 5.69 Å². The van der Waals surface area contributed by atoms with Crippen LogP contribution < -0.4 is 14.4 Å². The number of aryl methyl sites for hydroxylation is 2. The van der Waals surface area contributed by atoms with E-state index in [2.05, 4.69) is 5.32 Å². The molecule has 41 heavy (non-hydrogen) atoms. The number of nitrogens with zero attached hydrogens (tertiary/aromatic N) is 2. The summed E-state index contributed by atoms with van der Waals surface area (Å²) in [5, 5.41) is 3.09. The highest BCUT2D eigenvalue weighted by Crippen LogP contribution is 2.32. The lowest BCUT2D eigenvalue weighted by Crippen LogP contribution is -2.51. The maximum Gasteiger partial charge on any atom is 0.264 e. The molecule has 220 valence electrons.